The van der Waals surface area contributed by atoms with Gasteiger partial charge in [0.15, 0.2) is 0 Å². The first-order chi connectivity index (χ1) is 7.33. The van der Waals surface area contributed by atoms with Crippen LogP contribution >= 0.6 is 0 Å². The average Bonchev–Trinajstić information content (AvgIpc) is 2.26. The van der Waals surface area contributed by atoms with E-state index in [1.165, 1.54) is 12.2 Å². The Bertz CT molecular complexity index is 399. The minimum atomic E-state index is -0.377. The van der Waals surface area contributed by atoms with Crippen LogP contribution in [0.15, 0.2) is 36.7 Å². The Morgan fingerprint density at radius 2 is 2.53 bits per heavy atom. The van der Waals surface area contributed by atoms with Crippen LogP contribution in [-0.2, 0) is 9.53 Å². The fourth-order valence-corrected chi connectivity index (χ4v) is 0.862. The summed E-state index contributed by atoms with van der Waals surface area (Å²) < 4.78 is 4.69. The predicted octanol–water partition coefficient (Wildman–Crippen LogP) is 1.55. The number of aromatic nitrogens is 1. The van der Waals surface area contributed by atoms with E-state index in [1.54, 1.807) is 25.4 Å². The molecule has 0 saturated carbocycles. The van der Waals surface area contributed by atoms with Gasteiger partial charge in [-0.15, -0.1) is 0 Å². The van der Waals surface area contributed by atoms with Crippen molar-refractivity contribution in [2.45, 2.75) is 6.92 Å². The van der Waals surface area contributed by atoms with E-state index >= 15 is 0 Å². The minimum Gasteiger partial charge on any atom is -0.463 e. The van der Waals surface area contributed by atoms with Crippen molar-refractivity contribution in [2.24, 2.45) is 0 Å². The van der Waals surface area contributed by atoms with Gasteiger partial charge in [0.1, 0.15) is 0 Å². The molecule has 0 spiro atoms. The van der Waals surface area contributed by atoms with Crippen LogP contribution in [0.5, 0.6) is 0 Å². The fraction of sp³-hybridized carbons (Fsp3) is 0.167. The van der Waals surface area contributed by atoms with E-state index in [0.29, 0.717) is 6.61 Å². The van der Waals surface area contributed by atoms with E-state index in [9.17, 15) is 4.79 Å². The standard InChI is InChI=1S/C12H11NO2/c1-2-15-12(14)8-4-3-6-11-7-5-9-13-10-11/h4-5,7-10H,2H2,1H3/b8-4+. The van der Waals surface area contributed by atoms with Crippen molar-refractivity contribution in [3.63, 3.8) is 0 Å². The second-order valence-electron chi connectivity index (χ2n) is 2.60. The highest BCUT2D eigenvalue weighted by Crippen LogP contribution is 1.91. The lowest BCUT2D eigenvalue weighted by Gasteiger charge is -1.91. The van der Waals surface area contributed by atoms with Crippen LogP contribution in [-0.4, -0.2) is 17.6 Å². The highest BCUT2D eigenvalue weighted by molar-refractivity contribution is 5.82. The lowest BCUT2D eigenvalue weighted by molar-refractivity contribution is -0.137. The molecule has 0 unspecified atom stereocenters. The molecule has 0 atom stereocenters. The second-order valence-corrected chi connectivity index (χ2v) is 2.60. The monoisotopic (exact) mass is 201 g/mol. The highest BCUT2D eigenvalue weighted by Gasteiger charge is 1.90. The van der Waals surface area contributed by atoms with E-state index in [0.717, 1.165) is 5.56 Å². The van der Waals surface area contributed by atoms with Gasteiger partial charge < -0.3 is 4.74 Å². The van der Waals surface area contributed by atoms with Gasteiger partial charge in [0.2, 0.25) is 0 Å². The first-order valence-electron chi connectivity index (χ1n) is 4.58. The van der Waals surface area contributed by atoms with Crippen molar-refractivity contribution in [3.8, 4) is 11.8 Å². The SMILES string of the molecule is CCOC(=O)/C=C/C#Cc1cccnc1. The minimum absolute atomic E-state index is 0.374. The molecule has 1 aromatic rings. The number of allylic oxidation sites excluding steroid dienone is 1. The molecule has 3 heteroatoms. The Labute approximate surface area is 88.8 Å². The number of carbonyl (C=O) groups is 1. The maximum absolute atomic E-state index is 10.9. The van der Waals surface area contributed by atoms with Crippen LogP contribution in [0.4, 0.5) is 0 Å². The van der Waals surface area contributed by atoms with Crippen molar-refractivity contribution in [1.82, 2.24) is 4.98 Å². The molecule has 1 aromatic heterocycles. The number of rotatable bonds is 2. The van der Waals surface area contributed by atoms with Crippen molar-refractivity contribution >= 4 is 5.97 Å². The van der Waals surface area contributed by atoms with E-state index in [4.69, 9.17) is 0 Å². The molecule has 3 nitrogen and oxygen atoms in total. The third kappa shape index (κ3) is 4.63. The quantitative estimate of drug-likeness (QED) is 0.414. The van der Waals surface area contributed by atoms with Gasteiger partial charge in [0.05, 0.1) is 6.61 Å². The Kier molecular flexibility index (Phi) is 4.68. The first kappa shape index (κ1) is 11.0. The zero-order chi connectivity index (χ0) is 10.9. The number of hydrogen-bond donors (Lipinski definition) is 0. The van der Waals surface area contributed by atoms with Crippen LogP contribution < -0.4 is 0 Å². The fourth-order valence-electron chi connectivity index (χ4n) is 0.862. The van der Waals surface area contributed by atoms with Crippen molar-refractivity contribution in [3.05, 3.63) is 42.2 Å². The number of carbonyl (C=O) groups excluding carboxylic acids is 1. The molecule has 0 radical (unpaired) electrons. The van der Waals surface area contributed by atoms with Gasteiger partial charge in [-0.2, -0.15) is 0 Å². The first-order valence-corrected chi connectivity index (χ1v) is 4.58. The van der Waals surface area contributed by atoms with Gasteiger partial charge in [-0.05, 0) is 25.1 Å². The summed E-state index contributed by atoms with van der Waals surface area (Å²) in [5.41, 5.74) is 0.811. The van der Waals surface area contributed by atoms with Crippen LogP contribution in [0, 0.1) is 11.8 Å². The molecule has 15 heavy (non-hydrogen) atoms. The molecule has 0 amide bonds. The summed E-state index contributed by atoms with van der Waals surface area (Å²) in [5.74, 6) is 5.18. The average molecular weight is 201 g/mol. The number of nitrogens with zero attached hydrogens (tertiary/aromatic N) is 1. The lowest BCUT2D eigenvalue weighted by atomic mass is 10.3. The molecule has 0 saturated heterocycles. The van der Waals surface area contributed by atoms with Crippen molar-refractivity contribution < 1.29 is 9.53 Å². The molecular weight excluding hydrogens is 190 g/mol. The zero-order valence-electron chi connectivity index (χ0n) is 8.43. The summed E-state index contributed by atoms with van der Waals surface area (Å²) in [7, 11) is 0. The number of ether oxygens (including phenoxy) is 1. The molecule has 0 bridgehead atoms. The third-order valence-corrected chi connectivity index (χ3v) is 1.47. The van der Waals surface area contributed by atoms with Gasteiger partial charge in [0, 0.05) is 24.0 Å². The topological polar surface area (TPSA) is 39.2 Å². The van der Waals surface area contributed by atoms with Crippen molar-refractivity contribution in [2.75, 3.05) is 6.61 Å². The molecule has 1 heterocycles. The third-order valence-electron chi connectivity index (χ3n) is 1.47. The molecule has 0 aliphatic rings. The summed E-state index contributed by atoms with van der Waals surface area (Å²) in [4.78, 5) is 14.8. The Morgan fingerprint density at radius 1 is 1.67 bits per heavy atom. The van der Waals surface area contributed by atoms with Gasteiger partial charge in [-0.1, -0.05) is 11.8 Å². The molecule has 76 valence electrons. The maximum Gasteiger partial charge on any atom is 0.331 e. The molecule has 0 fully saturated rings. The number of pyridine rings is 1. The van der Waals surface area contributed by atoms with Crippen LogP contribution in [0.2, 0.25) is 0 Å². The lowest BCUT2D eigenvalue weighted by Crippen LogP contribution is -1.98. The summed E-state index contributed by atoms with van der Waals surface area (Å²) in [6.45, 7) is 2.13. The van der Waals surface area contributed by atoms with Crippen LogP contribution in [0.3, 0.4) is 0 Å². The van der Waals surface area contributed by atoms with Crippen LogP contribution in [0.1, 0.15) is 12.5 Å². The molecular formula is C12H11NO2. The molecule has 0 aliphatic carbocycles. The van der Waals surface area contributed by atoms with Gasteiger partial charge in [-0.3, -0.25) is 4.98 Å². The zero-order valence-corrected chi connectivity index (χ0v) is 8.43. The summed E-state index contributed by atoms with van der Waals surface area (Å²) in [5, 5.41) is 0. The summed E-state index contributed by atoms with van der Waals surface area (Å²) >= 11 is 0. The van der Waals surface area contributed by atoms with E-state index in [1.807, 2.05) is 6.07 Å². The molecule has 1 rings (SSSR count). The van der Waals surface area contributed by atoms with E-state index in [2.05, 4.69) is 21.6 Å². The largest absolute Gasteiger partial charge is 0.463 e. The van der Waals surface area contributed by atoms with E-state index < -0.39 is 0 Å². The van der Waals surface area contributed by atoms with Gasteiger partial charge in [-0.25, -0.2) is 4.79 Å². The molecule has 0 aromatic carbocycles. The Balaban J connectivity index is 2.50. The molecule has 0 aliphatic heterocycles. The highest BCUT2D eigenvalue weighted by atomic mass is 16.5. The molecule has 0 N–H and O–H groups in total. The van der Waals surface area contributed by atoms with Crippen LogP contribution in [0.25, 0.3) is 0 Å². The van der Waals surface area contributed by atoms with Crippen molar-refractivity contribution in [1.29, 1.82) is 0 Å². The number of esters is 1. The maximum atomic E-state index is 10.9. The second kappa shape index (κ2) is 6.39. The summed E-state index contributed by atoms with van der Waals surface area (Å²) in [6.07, 6.45) is 6.10. The normalized spacial score (nSPS) is 9.40. The smallest absolute Gasteiger partial charge is 0.331 e. The van der Waals surface area contributed by atoms with Gasteiger partial charge >= 0.3 is 5.97 Å². The summed E-state index contributed by atoms with van der Waals surface area (Å²) in [6, 6.07) is 3.65. The number of hydrogen-bond acceptors (Lipinski definition) is 3. The van der Waals surface area contributed by atoms with Gasteiger partial charge in [0.25, 0.3) is 0 Å². The predicted molar refractivity (Wildman–Crippen MR) is 56.9 cm³/mol. The van der Waals surface area contributed by atoms with E-state index in [-0.39, 0.29) is 5.97 Å². The Hall–Kier alpha value is -2.08. The Morgan fingerprint density at radius 3 is 3.20 bits per heavy atom.